The van der Waals surface area contributed by atoms with E-state index < -0.39 is 0 Å². The van der Waals surface area contributed by atoms with E-state index in [2.05, 4.69) is 5.10 Å². The number of aromatic nitrogens is 2. The highest BCUT2D eigenvalue weighted by Gasteiger charge is 2.12. The second-order valence-corrected chi connectivity index (χ2v) is 4.83. The van der Waals surface area contributed by atoms with Crippen molar-refractivity contribution < 1.29 is 0 Å². The molecule has 0 bridgehead atoms. The number of aryl methyl sites for hydroxylation is 1. The molecule has 2 rings (SSSR count). The molecule has 0 unspecified atom stereocenters. The minimum absolute atomic E-state index is 0.380. The summed E-state index contributed by atoms with van der Waals surface area (Å²) in [6.07, 6.45) is 0. The lowest BCUT2D eigenvalue weighted by atomic mass is 10.2. The molecule has 1 aromatic carbocycles. The zero-order valence-electron chi connectivity index (χ0n) is 9.25. The van der Waals surface area contributed by atoms with Crippen molar-refractivity contribution in [3.63, 3.8) is 0 Å². The van der Waals surface area contributed by atoms with Crippen LogP contribution < -0.4 is 0 Å². The van der Waals surface area contributed by atoms with Crippen LogP contribution in [0.4, 0.5) is 0 Å². The maximum Gasteiger partial charge on any atom is 0.132 e. The Labute approximate surface area is 115 Å². The third-order valence-corrected chi connectivity index (χ3v) is 3.50. The van der Waals surface area contributed by atoms with Crippen LogP contribution in [0.5, 0.6) is 0 Å². The average Bonchev–Trinajstić information content (AvgIpc) is 2.57. The molecule has 2 nitrogen and oxygen atoms in total. The normalized spacial score (nSPS) is 10.8. The maximum absolute atomic E-state index is 6.20. The fourth-order valence-corrected chi connectivity index (χ4v) is 2.43. The van der Waals surface area contributed by atoms with E-state index in [0.717, 1.165) is 21.8 Å². The van der Waals surface area contributed by atoms with E-state index in [9.17, 15) is 0 Å². The molecule has 0 saturated carbocycles. The summed E-state index contributed by atoms with van der Waals surface area (Å²) < 4.78 is 1.75. The molecule has 0 saturated heterocycles. The summed E-state index contributed by atoms with van der Waals surface area (Å²) >= 11 is 17.9. The molecule has 1 heterocycles. The van der Waals surface area contributed by atoms with Gasteiger partial charge in [-0.1, -0.05) is 35.3 Å². The van der Waals surface area contributed by atoms with E-state index in [-0.39, 0.29) is 0 Å². The summed E-state index contributed by atoms with van der Waals surface area (Å²) in [5.41, 5.74) is 2.86. The van der Waals surface area contributed by atoms with Crippen LogP contribution in [-0.2, 0) is 12.4 Å². The largest absolute Gasteiger partial charge is 0.249 e. The Morgan fingerprint density at radius 2 is 1.82 bits per heavy atom. The third-order valence-electron chi connectivity index (χ3n) is 2.56. The number of rotatable bonds is 3. The Balaban J connectivity index is 2.27. The molecular formula is C12H11Cl3N2. The van der Waals surface area contributed by atoms with Gasteiger partial charge < -0.3 is 0 Å². The summed E-state index contributed by atoms with van der Waals surface area (Å²) in [6.45, 7) is 2.52. The molecular weight excluding hydrogens is 279 g/mol. The highest BCUT2D eigenvalue weighted by Crippen LogP contribution is 2.22. The smallest absolute Gasteiger partial charge is 0.132 e. The molecule has 1 aromatic heterocycles. The topological polar surface area (TPSA) is 17.8 Å². The van der Waals surface area contributed by atoms with Gasteiger partial charge in [0.1, 0.15) is 5.15 Å². The van der Waals surface area contributed by atoms with Gasteiger partial charge in [-0.05, 0) is 24.6 Å². The average molecular weight is 290 g/mol. The van der Waals surface area contributed by atoms with Crippen molar-refractivity contribution in [2.45, 2.75) is 19.3 Å². The Morgan fingerprint density at radius 1 is 1.18 bits per heavy atom. The maximum atomic E-state index is 6.20. The van der Waals surface area contributed by atoms with Gasteiger partial charge in [-0.3, -0.25) is 0 Å². The Hall–Kier alpha value is -0.700. The van der Waals surface area contributed by atoms with Crippen molar-refractivity contribution >= 4 is 34.8 Å². The van der Waals surface area contributed by atoms with E-state index >= 15 is 0 Å². The van der Waals surface area contributed by atoms with E-state index in [0.29, 0.717) is 17.6 Å². The number of alkyl halides is 1. The quantitative estimate of drug-likeness (QED) is 0.771. The van der Waals surface area contributed by atoms with Gasteiger partial charge in [0.25, 0.3) is 0 Å². The first-order valence-corrected chi connectivity index (χ1v) is 6.43. The minimum atomic E-state index is 0.380. The standard InChI is InChI=1S/C12H11Cl3N2/c1-8-11(6-13)12(15)17(16-8)7-9-2-4-10(14)5-3-9/h2-5H,6-7H2,1H3. The Morgan fingerprint density at radius 3 is 2.35 bits per heavy atom. The van der Waals surface area contributed by atoms with Gasteiger partial charge in [0.15, 0.2) is 0 Å². The molecule has 17 heavy (non-hydrogen) atoms. The van der Waals surface area contributed by atoms with Crippen LogP contribution in [0.2, 0.25) is 10.2 Å². The molecule has 0 aliphatic carbocycles. The number of benzene rings is 1. The molecule has 2 aromatic rings. The highest BCUT2D eigenvalue weighted by atomic mass is 35.5. The van der Waals surface area contributed by atoms with Crippen LogP contribution in [0, 0.1) is 6.92 Å². The van der Waals surface area contributed by atoms with Gasteiger partial charge in [-0.25, -0.2) is 4.68 Å². The number of hydrogen-bond acceptors (Lipinski definition) is 1. The summed E-state index contributed by atoms with van der Waals surface area (Å²) in [6, 6.07) is 7.61. The van der Waals surface area contributed by atoms with Crippen molar-refractivity contribution in [3.05, 3.63) is 51.3 Å². The van der Waals surface area contributed by atoms with Crippen LogP contribution >= 0.6 is 34.8 Å². The second kappa shape index (κ2) is 5.30. The number of hydrogen-bond donors (Lipinski definition) is 0. The van der Waals surface area contributed by atoms with Gasteiger partial charge in [0, 0.05) is 10.6 Å². The van der Waals surface area contributed by atoms with Crippen molar-refractivity contribution in [2.75, 3.05) is 0 Å². The second-order valence-electron chi connectivity index (χ2n) is 3.77. The monoisotopic (exact) mass is 288 g/mol. The SMILES string of the molecule is Cc1nn(Cc2ccc(Cl)cc2)c(Cl)c1CCl. The molecule has 0 atom stereocenters. The molecule has 0 fully saturated rings. The lowest BCUT2D eigenvalue weighted by molar-refractivity contribution is 0.680. The van der Waals surface area contributed by atoms with Crippen LogP contribution in [0.1, 0.15) is 16.8 Å². The summed E-state index contributed by atoms with van der Waals surface area (Å²) in [5, 5.41) is 5.69. The molecule has 0 aliphatic heterocycles. The van der Waals surface area contributed by atoms with Gasteiger partial charge in [0.2, 0.25) is 0 Å². The van der Waals surface area contributed by atoms with Crippen LogP contribution in [-0.4, -0.2) is 9.78 Å². The van der Waals surface area contributed by atoms with Gasteiger partial charge in [0.05, 0.1) is 18.1 Å². The lowest BCUT2D eigenvalue weighted by Crippen LogP contribution is -2.01. The number of nitrogens with zero attached hydrogens (tertiary/aromatic N) is 2. The van der Waals surface area contributed by atoms with E-state index in [4.69, 9.17) is 34.8 Å². The van der Waals surface area contributed by atoms with Crippen LogP contribution in [0.3, 0.4) is 0 Å². The molecule has 0 amide bonds. The van der Waals surface area contributed by atoms with Gasteiger partial charge >= 0.3 is 0 Å². The summed E-state index contributed by atoms with van der Waals surface area (Å²) in [7, 11) is 0. The van der Waals surface area contributed by atoms with E-state index in [1.54, 1.807) is 4.68 Å². The Bertz CT molecular complexity index is 517. The van der Waals surface area contributed by atoms with Crippen molar-refractivity contribution in [2.24, 2.45) is 0 Å². The molecule has 0 N–H and O–H groups in total. The van der Waals surface area contributed by atoms with Crippen molar-refractivity contribution in [1.82, 2.24) is 9.78 Å². The molecule has 0 radical (unpaired) electrons. The molecule has 0 aliphatic rings. The van der Waals surface area contributed by atoms with Crippen molar-refractivity contribution in [3.8, 4) is 0 Å². The predicted octanol–water partition coefficient (Wildman–Crippen LogP) is 4.29. The predicted molar refractivity (Wildman–Crippen MR) is 72.1 cm³/mol. The minimum Gasteiger partial charge on any atom is -0.249 e. The summed E-state index contributed by atoms with van der Waals surface area (Å²) in [5.74, 6) is 0.380. The summed E-state index contributed by atoms with van der Waals surface area (Å²) in [4.78, 5) is 0. The fraction of sp³-hybridized carbons (Fsp3) is 0.250. The zero-order valence-corrected chi connectivity index (χ0v) is 11.5. The van der Waals surface area contributed by atoms with E-state index in [1.807, 2.05) is 31.2 Å². The molecule has 5 heteroatoms. The molecule has 90 valence electrons. The fourth-order valence-electron chi connectivity index (χ4n) is 1.61. The highest BCUT2D eigenvalue weighted by molar-refractivity contribution is 6.31. The molecule has 0 spiro atoms. The number of halogens is 3. The third kappa shape index (κ3) is 2.76. The van der Waals surface area contributed by atoms with Crippen molar-refractivity contribution in [1.29, 1.82) is 0 Å². The Kier molecular flexibility index (Phi) is 3.97. The van der Waals surface area contributed by atoms with Crippen LogP contribution in [0.25, 0.3) is 0 Å². The first kappa shape index (κ1) is 12.7. The zero-order chi connectivity index (χ0) is 12.4. The van der Waals surface area contributed by atoms with Gasteiger partial charge in [-0.15, -0.1) is 11.6 Å². The van der Waals surface area contributed by atoms with Crippen LogP contribution in [0.15, 0.2) is 24.3 Å². The first-order chi connectivity index (χ1) is 8.11. The van der Waals surface area contributed by atoms with E-state index in [1.165, 1.54) is 0 Å². The first-order valence-electron chi connectivity index (χ1n) is 5.14. The van der Waals surface area contributed by atoms with Gasteiger partial charge in [-0.2, -0.15) is 5.10 Å². The lowest BCUT2D eigenvalue weighted by Gasteiger charge is -2.03.